The maximum absolute atomic E-state index is 13.4. The second-order valence-corrected chi connectivity index (χ2v) is 8.41. The maximum Gasteiger partial charge on any atom is 0.234 e. The lowest BCUT2D eigenvalue weighted by atomic mass is 10.2. The van der Waals surface area contributed by atoms with Crippen molar-refractivity contribution in [2.24, 2.45) is 0 Å². The van der Waals surface area contributed by atoms with E-state index >= 15 is 0 Å². The van der Waals surface area contributed by atoms with Crippen molar-refractivity contribution < 1.29 is 13.6 Å². The van der Waals surface area contributed by atoms with E-state index in [-0.39, 0.29) is 11.4 Å². The van der Waals surface area contributed by atoms with Crippen LogP contribution in [-0.2, 0) is 4.79 Å². The molecule has 0 bridgehead atoms. The molecular formula is C22H14Cl2F2N4OS. The number of halogens is 4. The first kappa shape index (κ1) is 22.3. The van der Waals surface area contributed by atoms with Crippen molar-refractivity contribution in [2.75, 3.05) is 11.1 Å². The lowest BCUT2D eigenvalue weighted by molar-refractivity contribution is -0.113. The van der Waals surface area contributed by atoms with Gasteiger partial charge in [0.25, 0.3) is 0 Å². The van der Waals surface area contributed by atoms with Gasteiger partial charge in [-0.3, -0.25) is 9.36 Å². The lowest BCUT2D eigenvalue weighted by Crippen LogP contribution is -2.15. The van der Waals surface area contributed by atoms with Gasteiger partial charge in [-0.15, -0.1) is 10.2 Å². The Balaban J connectivity index is 1.60. The van der Waals surface area contributed by atoms with E-state index in [2.05, 4.69) is 15.5 Å². The Kier molecular flexibility index (Phi) is 6.74. The van der Waals surface area contributed by atoms with E-state index in [4.69, 9.17) is 23.2 Å². The minimum atomic E-state index is -1.04. The van der Waals surface area contributed by atoms with Crippen LogP contribution in [0.25, 0.3) is 17.1 Å². The Morgan fingerprint density at radius 2 is 1.72 bits per heavy atom. The number of carbonyl (C=O) groups excluding carboxylic acids is 1. The zero-order valence-electron chi connectivity index (χ0n) is 16.2. The summed E-state index contributed by atoms with van der Waals surface area (Å²) >= 11 is 13.3. The molecule has 5 nitrogen and oxygen atoms in total. The minimum absolute atomic E-state index is 0.0275. The highest BCUT2D eigenvalue weighted by Crippen LogP contribution is 2.30. The van der Waals surface area contributed by atoms with Gasteiger partial charge < -0.3 is 5.32 Å². The van der Waals surface area contributed by atoms with Crippen LogP contribution in [0.15, 0.2) is 71.9 Å². The van der Waals surface area contributed by atoms with Crippen molar-refractivity contribution in [3.8, 4) is 17.1 Å². The first-order chi connectivity index (χ1) is 15.4. The van der Waals surface area contributed by atoms with Crippen molar-refractivity contribution in [3.63, 3.8) is 0 Å². The summed E-state index contributed by atoms with van der Waals surface area (Å²) in [5.74, 6) is -1.92. The molecule has 0 unspecified atom stereocenters. The monoisotopic (exact) mass is 490 g/mol. The number of aromatic nitrogens is 3. The molecular weight excluding hydrogens is 477 g/mol. The third-order valence-corrected chi connectivity index (χ3v) is 5.75. The zero-order valence-corrected chi connectivity index (χ0v) is 18.6. The van der Waals surface area contributed by atoms with Crippen LogP contribution in [0.4, 0.5) is 14.5 Å². The predicted molar refractivity (Wildman–Crippen MR) is 123 cm³/mol. The molecule has 0 aliphatic carbocycles. The number of benzene rings is 3. The zero-order chi connectivity index (χ0) is 22.7. The van der Waals surface area contributed by atoms with Gasteiger partial charge in [0.1, 0.15) is 0 Å². The van der Waals surface area contributed by atoms with Gasteiger partial charge >= 0.3 is 0 Å². The first-order valence-corrected chi connectivity index (χ1v) is 11.0. The molecule has 32 heavy (non-hydrogen) atoms. The summed E-state index contributed by atoms with van der Waals surface area (Å²) in [5, 5.41) is 12.6. The highest BCUT2D eigenvalue weighted by molar-refractivity contribution is 7.99. The van der Waals surface area contributed by atoms with Crippen LogP contribution in [0.3, 0.4) is 0 Å². The van der Waals surface area contributed by atoms with Gasteiger partial charge in [0, 0.05) is 33.0 Å². The van der Waals surface area contributed by atoms with E-state index in [1.165, 1.54) is 6.07 Å². The standard InChI is InChI=1S/C22H14Cl2F2N4OS/c23-14-4-7-17(8-5-14)30-21(13-2-1-3-15(24)10-13)28-29-22(30)32-12-20(31)27-16-6-9-18(25)19(26)11-16/h1-11H,12H2,(H,27,31). The summed E-state index contributed by atoms with van der Waals surface area (Å²) < 4.78 is 28.2. The van der Waals surface area contributed by atoms with Gasteiger partial charge in [-0.05, 0) is 48.5 Å². The molecule has 0 radical (unpaired) electrons. The number of nitrogens with zero attached hydrogens (tertiary/aromatic N) is 3. The molecule has 0 aliphatic rings. The molecule has 0 saturated heterocycles. The van der Waals surface area contributed by atoms with Crippen LogP contribution in [0, 0.1) is 11.6 Å². The normalized spacial score (nSPS) is 10.9. The molecule has 0 aliphatic heterocycles. The molecule has 4 aromatic rings. The van der Waals surface area contributed by atoms with E-state index in [1.54, 1.807) is 34.9 Å². The molecule has 0 saturated carbocycles. The van der Waals surface area contributed by atoms with Crippen molar-refractivity contribution in [1.29, 1.82) is 0 Å². The minimum Gasteiger partial charge on any atom is -0.325 e. The Morgan fingerprint density at radius 3 is 2.44 bits per heavy atom. The van der Waals surface area contributed by atoms with E-state index in [1.807, 2.05) is 18.2 Å². The maximum atomic E-state index is 13.4. The number of thioether (sulfide) groups is 1. The number of hydrogen-bond donors (Lipinski definition) is 1. The fraction of sp³-hybridized carbons (Fsp3) is 0.0455. The highest BCUT2D eigenvalue weighted by atomic mass is 35.5. The fourth-order valence-electron chi connectivity index (χ4n) is 2.90. The number of anilines is 1. The van der Waals surface area contributed by atoms with Crippen LogP contribution in [0.5, 0.6) is 0 Å². The summed E-state index contributed by atoms with van der Waals surface area (Å²) in [7, 11) is 0. The van der Waals surface area contributed by atoms with Crippen molar-refractivity contribution in [3.05, 3.63) is 88.4 Å². The topological polar surface area (TPSA) is 59.8 Å². The molecule has 1 amide bonds. The predicted octanol–water partition coefficient (Wildman–Crippen LogP) is 6.25. The Hall–Kier alpha value is -2.94. The average Bonchev–Trinajstić information content (AvgIpc) is 3.19. The Bertz CT molecular complexity index is 1280. The molecule has 0 atom stereocenters. The van der Waals surface area contributed by atoms with Gasteiger partial charge in [-0.2, -0.15) is 0 Å². The summed E-state index contributed by atoms with van der Waals surface area (Å²) in [6.07, 6.45) is 0. The van der Waals surface area contributed by atoms with Crippen LogP contribution in [0.1, 0.15) is 0 Å². The van der Waals surface area contributed by atoms with E-state index in [0.29, 0.717) is 21.0 Å². The van der Waals surface area contributed by atoms with Crippen LogP contribution < -0.4 is 5.32 Å². The Morgan fingerprint density at radius 1 is 0.938 bits per heavy atom. The second kappa shape index (κ2) is 9.68. The molecule has 10 heteroatoms. The third kappa shape index (κ3) is 5.09. The summed E-state index contributed by atoms with van der Waals surface area (Å²) in [6.45, 7) is 0. The molecule has 3 aromatic carbocycles. The number of rotatable bonds is 6. The number of nitrogens with one attached hydrogen (secondary N) is 1. The first-order valence-electron chi connectivity index (χ1n) is 9.26. The molecule has 1 N–H and O–H groups in total. The fourth-order valence-corrected chi connectivity index (χ4v) is 3.97. The van der Waals surface area contributed by atoms with E-state index < -0.39 is 17.5 Å². The molecule has 0 spiro atoms. The number of hydrogen-bond acceptors (Lipinski definition) is 4. The number of amides is 1. The third-order valence-electron chi connectivity index (χ3n) is 4.34. The Labute approximate surface area is 196 Å². The highest BCUT2D eigenvalue weighted by Gasteiger charge is 2.18. The summed E-state index contributed by atoms with van der Waals surface area (Å²) in [5.41, 5.74) is 1.66. The van der Waals surface area contributed by atoms with Crippen molar-refractivity contribution in [1.82, 2.24) is 14.8 Å². The number of carbonyl (C=O) groups is 1. The second-order valence-electron chi connectivity index (χ2n) is 6.59. The van der Waals surface area contributed by atoms with Crippen molar-refractivity contribution in [2.45, 2.75) is 5.16 Å². The smallest absolute Gasteiger partial charge is 0.234 e. The molecule has 1 aromatic heterocycles. The van der Waals surface area contributed by atoms with Gasteiger partial charge in [0.05, 0.1) is 5.75 Å². The van der Waals surface area contributed by atoms with Crippen LogP contribution in [0.2, 0.25) is 10.0 Å². The summed E-state index contributed by atoms with van der Waals surface area (Å²) in [4.78, 5) is 12.4. The van der Waals surface area contributed by atoms with Crippen LogP contribution in [-0.4, -0.2) is 26.4 Å². The van der Waals surface area contributed by atoms with E-state index in [9.17, 15) is 13.6 Å². The SMILES string of the molecule is O=C(CSc1nnc(-c2cccc(Cl)c2)n1-c1ccc(Cl)cc1)Nc1ccc(F)c(F)c1. The van der Waals surface area contributed by atoms with Crippen LogP contribution >= 0.6 is 35.0 Å². The van der Waals surface area contributed by atoms with Gasteiger partial charge in [0.2, 0.25) is 5.91 Å². The molecule has 162 valence electrons. The average molecular weight is 491 g/mol. The van der Waals surface area contributed by atoms with E-state index in [0.717, 1.165) is 35.1 Å². The van der Waals surface area contributed by atoms with Gasteiger partial charge in [0.15, 0.2) is 22.6 Å². The lowest BCUT2D eigenvalue weighted by Gasteiger charge is -2.11. The largest absolute Gasteiger partial charge is 0.325 e. The van der Waals surface area contributed by atoms with Gasteiger partial charge in [-0.25, -0.2) is 8.78 Å². The molecule has 4 rings (SSSR count). The van der Waals surface area contributed by atoms with Gasteiger partial charge in [-0.1, -0.05) is 47.1 Å². The molecule has 0 fully saturated rings. The quantitative estimate of drug-likeness (QED) is 0.324. The molecule has 1 heterocycles. The van der Waals surface area contributed by atoms with Crippen molar-refractivity contribution >= 4 is 46.6 Å². The summed E-state index contributed by atoms with van der Waals surface area (Å²) in [6, 6.07) is 17.4.